The summed E-state index contributed by atoms with van der Waals surface area (Å²) in [7, 11) is 0. The molecule has 4 nitrogen and oxygen atoms in total. The molecule has 1 N–H and O–H groups in total. The van der Waals surface area contributed by atoms with Crippen LogP contribution in [-0.2, 0) is 0 Å². The van der Waals surface area contributed by atoms with Gasteiger partial charge in [0.2, 0.25) is 5.89 Å². The zero-order valence-corrected chi connectivity index (χ0v) is 5.51. The molecule has 0 aliphatic rings. The molecule has 0 aliphatic heterocycles. The van der Waals surface area contributed by atoms with Crippen molar-refractivity contribution in [2.24, 2.45) is 0 Å². The summed E-state index contributed by atoms with van der Waals surface area (Å²) in [4.78, 5) is 3.91. The van der Waals surface area contributed by atoms with Gasteiger partial charge in [-0.3, -0.25) is 0 Å². The van der Waals surface area contributed by atoms with Crippen molar-refractivity contribution in [1.82, 2.24) is 10.1 Å². The van der Waals surface area contributed by atoms with E-state index in [9.17, 15) is 0 Å². The highest BCUT2D eigenvalue weighted by Crippen LogP contribution is 1.98. The van der Waals surface area contributed by atoms with Gasteiger partial charge in [0.05, 0.1) is 0 Å². The van der Waals surface area contributed by atoms with Crippen LogP contribution in [0, 0.1) is 6.92 Å². The fraction of sp³-hybridized carbons (Fsp3) is 0.600. The van der Waals surface area contributed by atoms with E-state index in [1.165, 1.54) is 0 Å². The van der Waals surface area contributed by atoms with Crippen molar-refractivity contribution in [1.29, 1.82) is 0 Å². The molecule has 1 heterocycles. The van der Waals surface area contributed by atoms with Crippen molar-refractivity contribution in [2.75, 3.05) is 11.9 Å². The summed E-state index contributed by atoms with van der Waals surface area (Å²) >= 11 is 0. The normalized spacial score (nSPS) is 9.56. The van der Waals surface area contributed by atoms with E-state index in [0.717, 1.165) is 6.54 Å². The lowest BCUT2D eigenvalue weighted by Gasteiger charge is -1.88. The van der Waals surface area contributed by atoms with Crippen LogP contribution < -0.4 is 5.32 Å². The molecule has 0 aromatic carbocycles. The monoisotopic (exact) mass is 127 g/mol. The van der Waals surface area contributed by atoms with Gasteiger partial charge in [-0.2, -0.15) is 4.98 Å². The van der Waals surface area contributed by atoms with E-state index in [4.69, 9.17) is 4.52 Å². The molecule has 0 unspecified atom stereocenters. The summed E-state index contributed by atoms with van der Waals surface area (Å²) in [6.07, 6.45) is 0. The molecule has 1 aromatic heterocycles. The van der Waals surface area contributed by atoms with Crippen molar-refractivity contribution in [3.63, 3.8) is 0 Å². The molecule has 0 fully saturated rings. The first-order valence-corrected chi connectivity index (χ1v) is 2.87. The smallest absolute Gasteiger partial charge is 0.263 e. The Morgan fingerprint density at radius 3 is 2.89 bits per heavy atom. The number of rotatable bonds is 2. The molecule has 1 rings (SSSR count). The predicted molar refractivity (Wildman–Crippen MR) is 33.2 cm³/mol. The van der Waals surface area contributed by atoms with Gasteiger partial charge >= 0.3 is 0 Å². The van der Waals surface area contributed by atoms with Crippen molar-refractivity contribution in [3.05, 3.63) is 5.89 Å². The third-order valence-corrected chi connectivity index (χ3v) is 0.862. The largest absolute Gasteiger partial charge is 0.352 e. The molecular formula is C5H9N3O. The van der Waals surface area contributed by atoms with Crippen LogP contribution in [0.3, 0.4) is 0 Å². The minimum Gasteiger partial charge on any atom is -0.352 e. The maximum atomic E-state index is 4.69. The highest BCUT2D eigenvalue weighted by atomic mass is 16.5. The van der Waals surface area contributed by atoms with Gasteiger partial charge in [-0.05, 0) is 12.1 Å². The Labute approximate surface area is 53.3 Å². The number of hydrogen-bond acceptors (Lipinski definition) is 4. The number of anilines is 1. The summed E-state index contributed by atoms with van der Waals surface area (Å²) in [5.41, 5.74) is 0. The first kappa shape index (κ1) is 6.07. The predicted octanol–water partition coefficient (Wildman–Crippen LogP) is 0.810. The van der Waals surface area contributed by atoms with Crippen LogP contribution in [0.4, 0.5) is 5.95 Å². The maximum Gasteiger partial charge on any atom is 0.263 e. The Kier molecular flexibility index (Phi) is 1.67. The molecule has 4 heteroatoms. The molecule has 0 bridgehead atoms. The second kappa shape index (κ2) is 2.48. The SMILES string of the molecule is CCNc1noc(C)n1. The van der Waals surface area contributed by atoms with Crippen molar-refractivity contribution in [2.45, 2.75) is 13.8 Å². The van der Waals surface area contributed by atoms with Crippen LogP contribution in [0.15, 0.2) is 4.52 Å². The average molecular weight is 127 g/mol. The Morgan fingerprint density at radius 1 is 1.67 bits per heavy atom. The van der Waals surface area contributed by atoms with E-state index >= 15 is 0 Å². The first-order valence-electron chi connectivity index (χ1n) is 2.87. The fourth-order valence-electron chi connectivity index (χ4n) is 0.529. The van der Waals surface area contributed by atoms with Crippen LogP contribution in [0.1, 0.15) is 12.8 Å². The van der Waals surface area contributed by atoms with Crippen molar-refractivity contribution >= 4 is 5.95 Å². The van der Waals surface area contributed by atoms with Gasteiger partial charge in [0.1, 0.15) is 0 Å². The van der Waals surface area contributed by atoms with Crippen LogP contribution in [0.5, 0.6) is 0 Å². The number of aryl methyl sites for hydroxylation is 1. The molecule has 1 aromatic rings. The molecule has 0 atom stereocenters. The minimum atomic E-state index is 0.565. The lowest BCUT2D eigenvalue weighted by Crippen LogP contribution is -1.97. The quantitative estimate of drug-likeness (QED) is 0.638. The topological polar surface area (TPSA) is 51.0 Å². The minimum absolute atomic E-state index is 0.565. The molecule has 0 saturated heterocycles. The third kappa shape index (κ3) is 1.42. The maximum absolute atomic E-state index is 4.69. The number of hydrogen-bond donors (Lipinski definition) is 1. The molecule has 50 valence electrons. The highest BCUT2D eigenvalue weighted by molar-refractivity contribution is 5.19. The van der Waals surface area contributed by atoms with E-state index in [-0.39, 0.29) is 0 Å². The third-order valence-electron chi connectivity index (χ3n) is 0.862. The van der Waals surface area contributed by atoms with E-state index < -0.39 is 0 Å². The summed E-state index contributed by atoms with van der Waals surface area (Å²) in [6, 6.07) is 0. The van der Waals surface area contributed by atoms with Gasteiger partial charge in [0, 0.05) is 13.5 Å². The number of nitrogens with zero attached hydrogens (tertiary/aromatic N) is 2. The average Bonchev–Trinajstić information content (AvgIpc) is 2.17. The Bertz CT molecular complexity index is 184. The lowest BCUT2D eigenvalue weighted by atomic mass is 10.7. The molecule has 0 spiro atoms. The molecular weight excluding hydrogens is 118 g/mol. The van der Waals surface area contributed by atoms with Gasteiger partial charge in [-0.25, -0.2) is 0 Å². The molecule has 0 saturated carbocycles. The van der Waals surface area contributed by atoms with Gasteiger partial charge in [-0.15, -0.1) is 0 Å². The Hall–Kier alpha value is -1.06. The van der Waals surface area contributed by atoms with Gasteiger partial charge in [-0.1, -0.05) is 0 Å². The van der Waals surface area contributed by atoms with E-state index in [2.05, 4.69) is 15.5 Å². The van der Waals surface area contributed by atoms with Gasteiger partial charge in [0.25, 0.3) is 5.95 Å². The van der Waals surface area contributed by atoms with E-state index in [1.807, 2.05) is 6.92 Å². The molecule has 0 amide bonds. The highest BCUT2D eigenvalue weighted by Gasteiger charge is 1.96. The van der Waals surface area contributed by atoms with E-state index in [0.29, 0.717) is 11.8 Å². The molecule has 0 radical (unpaired) electrons. The van der Waals surface area contributed by atoms with Crippen LogP contribution in [0.2, 0.25) is 0 Å². The Balaban J connectivity index is 2.61. The summed E-state index contributed by atoms with van der Waals surface area (Å²) in [6.45, 7) is 4.55. The van der Waals surface area contributed by atoms with Crippen LogP contribution in [-0.4, -0.2) is 16.7 Å². The lowest BCUT2D eigenvalue weighted by molar-refractivity contribution is 0.394. The fourth-order valence-corrected chi connectivity index (χ4v) is 0.529. The zero-order chi connectivity index (χ0) is 6.69. The molecule has 0 aliphatic carbocycles. The van der Waals surface area contributed by atoms with Crippen LogP contribution in [0.25, 0.3) is 0 Å². The van der Waals surface area contributed by atoms with Gasteiger partial charge in [0.15, 0.2) is 0 Å². The van der Waals surface area contributed by atoms with E-state index in [1.54, 1.807) is 6.92 Å². The summed E-state index contributed by atoms with van der Waals surface area (Å²) in [5, 5.41) is 6.52. The van der Waals surface area contributed by atoms with Crippen LogP contribution >= 0.6 is 0 Å². The van der Waals surface area contributed by atoms with Gasteiger partial charge < -0.3 is 9.84 Å². The summed E-state index contributed by atoms with van der Waals surface area (Å²) in [5.74, 6) is 1.15. The molecule has 9 heavy (non-hydrogen) atoms. The standard InChI is InChI=1S/C5H9N3O/c1-3-6-5-7-4(2)9-8-5/h3H2,1-2H3,(H,6,8). The summed E-state index contributed by atoms with van der Waals surface area (Å²) < 4.78 is 4.69. The first-order chi connectivity index (χ1) is 4.33. The second-order valence-corrected chi connectivity index (χ2v) is 1.67. The number of nitrogens with one attached hydrogen (secondary N) is 1. The number of aromatic nitrogens is 2. The van der Waals surface area contributed by atoms with Crippen molar-refractivity contribution < 1.29 is 4.52 Å². The Morgan fingerprint density at radius 2 is 2.44 bits per heavy atom. The second-order valence-electron chi connectivity index (χ2n) is 1.67. The zero-order valence-electron chi connectivity index (χ0n) is 5.51. The van der Waals surface area contributed by atoms with Crippen molar-refractivity contribution in [3.8, 4) is 0 Å².